The van der Waals surface area contributed by atoms with Crippen molar-refractivity contribution in [3.05, 3.63) is 77.1 Å². The molecule has 0 aliphatic carbocycles. The standard InChI is InChI=1S/C20H14ClFN2O4/c1-2-9-28-17-8-7-12(11-14(17)21)10-13-18(25)23-20(27)24(19(13)26)16-6-4-3-5-15(16)22/h2-8,10-11H,1,9H2,(H,23,25,27)/b13-10-. The van der Waals surface area contributed by atoms with Gasteiger partial charge in [0.05, 0.1) is 10.7 Å². The SMILES string of the molecule is C=CCOc1ccc(/C=C2/C(=O)NC(=O)N(c3ccccc3F)C2=O)cc1Cl. The van der Waals surface area contributed by atoms with Crippen LogP contribution in [0.5, 0.6) is 5.75 Å². The molecule has 8 heteroatoms. The quantitative estimate of drug-likeness (QED) is 0.471. The Morgan fingerprint density at radius 3 is 2.61 bits per heavy atom. The first-order valence-corrected chi connectivity index (χ1v) is 8.49. The molecule has 0 bridgehead atoms. The molecule has 1 heterocycles. The number of hydrogen-bond donors (Lipinski definition) is 1. The molecule has 1 aliphatic heterocycles. The molecule has 0 saturated carbocycles. The zero-order chi connectivity index (χ0) is 20.3. The monoisotopic (exact) mass is 400 g/mol. The number of rotatable bonds is 5. The molecule has 3 rings (SSSR count). The average Bonchev–Trinajstić information content (AvgIpc) is 2.66. The van der Waals surface area contributed by atoms with Gasteiger partial charge in [-0.1, -0.05) is 42.5 Å². The van der Waals surface area contributed by atoms with Crippen LogP contribution in [0.2, 0.25) is 5.02 Å². The minimum absolute atomic E-state index is 0.255. The van der Waals surface area contributed by atoms with Crippen LogP contribution in [0, 0.1) is 5.82 Å². The van der Waals surface area contributed by atoms with Crippen molar-refractivity contribution in [3.63, 3.8) is 0 Å². The van der Waals surface area contributed by atoms with E-state index in [1.807, 2.05) is 5.32 Å². The first-order valence-electron chi connectivity index (χ1n) is 8.11. The summed E-state index contributed by atoms with van der Waals surface area (Å²) in [5.74, 6) is -2.19. The van der Waals surface area contributed by atoms with Crippen LogP contribution in [-0.4, -0.2) is 24.5 Å². The maximum Gasteiger partial charge on any atom is 0.336 e. The second-order valence-electron chi connectivity index (χ2n) is 5.70. The molecule has 0 radical (unpaired) electrons. The zero-order valence-electron chi connectivity index (χ0n) is 14.4. The van der Waals surface area contributed by atoms with Gasteiger partial charge in [0.15, 0.2) is 0 Å². The number of para-hydroxylation sites is 1. The van der Waals surface area contributed by atoms with Gasteiger partial charge in [0.1, 0.15) is 23.7 Å². The summed E-state index contributed by atoms with van der Waals surface area (Å²) in [4.78, 5) is 37.6. The molecule has 0 aromatic heterocycles. The molecule has 0 spiro atoms. The van der Waals surface area contributed by atoms with Crippen molar-refractivity contribution < 1.29 is 23.5 Å². The highest BCUT2D eigenvalue weighted by molar-refractivity contribution is 6.39. The number of anilines is 1. The normalized spacial score (nSPS) is 15.6. The number of urea groups is 1. The van der Waals surface area contributed by atoms with Gasteiger partial charge in [-0.2, -0.15) is 0 Å². The Hall–Kier alpha value is -3.45. The molecular weight excluding hydrogens is 387 g/mol. The van der Waals surface area contributed by atoms with E-state index >= 15 is 0 Å². The highest BCUT2D eigenvalue weighted by Crippen LogP contribution is 2.28. The predicted octanol–water partition coefficient (Wildman–Crippen LogP) is 3.71. The second kappa shape index (κ2) is 8.06. The van der Waals surface area contributed by atoms with Crippen molar-refractivity contribution in [1.82, 2.24) is 5.32 Å². The molecule has 6 nitrogen and oxygen atoms in total. The summed E-state index contributed by atoms with van der Waals surface area (Å²) >= 11 is 6.14. The molecule has 1 saturated heterocycles. The minimum Gasteiger partial charge on any atom is -0.488 e. The second-order valence-corrected chi connectivity index (χ2v) is 6.11. The molecule has 0 unspecified atom stereocenters. The van der Waals surface area contributed by atoms with E-state index < -0.39 is 23.7 Å². The van der Waals surface area contributed by atoms with Crippen LogP contribution in [0.25, 0.3) is 6.08 Å². The van der Waals surface area contributed by atoms with Crippen LogP contribution in [0.3, 0.4) is 0 Å². The Morgan fingerprint density at radius 2 is 1.93 bits per heavy atom. The number of imide groups is 2. The fourth-order valence-corrected chi connectivity index (χ4v) is 2.79. The number of nitrogens with one attached hydrogen (secondary N) is 1. The lowest BCUT2D eigenvalue weighted by molar-refractivity contribution is -0.122. The van der Waals surface area contributed by atoms with E-state index in [0.29, 0.717) is 16.2 Å². The Labute approximate surface area is 164 Å². The highest BCUT2D eigenvalue weighted by atomic mass is 35.5. The third-order valence-electron chi connectivity index (χ3n) is 3.82. The van der Waals surface area contributed by atoms with Gasteiger partial charge in [-0.15, -0.1) is 0 Å². The summed E-state index contributed by atoms with van der Waals surface area (Å²) in [5.41, 5.74) is -0.162. The van der Waals surface area contributed by atoms with Gasteiger partial charge in [-0.05, 0) is 35.9 Å². The van der Waals surface area contributed by atoms with Crippen molar-refractivity contribution in [3.8, 4) is 5.75 Å². The number of benzene rings is 2. The summed E-state index contributed by atoms with van der Waals surface area (Å²) in [6.07, 6.45) is 2.83. The Bertz CT molecular complexity index is 1020. The molecule has 2 aromatic carbocycles. The van der Waals surface area contributed by atoms with Gasteiger partial charge in [-0.25, -0.2) is 14.1 Å². The molecule has 28 heavy (non-hydrogen) atoms. The summed E-state index contributed by atoms with van der Waals surface area (Å²) in [5, 5.41) is 2.30. The van der Waals surface area contributed by atoms with Gasteiger partial charge in [0.25, 0.3) is 11.8 Å². The van der Waals surface area contributed by atoms with Crippen LogP contribution < -0.4 is 15.0 Å². The summed E-state index contributed by atoms with van der Waals surface area (Å²) in [6.45, 7) is 3.81. The van der Waals surface area contributed by atoms with Crippen LogP contribution in [0.4, 0.5) is 14.9 Å². The van der Waals surface area contributed by atoms with E-state index in [9.17, 15) is 18.8 Å². The number of halogens is 2. The van der Waals surface area contributed by atoms with Crippen molar-refractivity contribution in [1.29, 1.82) is 0 Å². The van der Waals surface area contributed by atoms with Crippen LogP contribution in [0.15, 0.2) is 60.7 Å². The van der Waals surface area contributed by atoms with Gasteiger partial charge in [0, 0.05) is 0 Å². The van der Waals surface area contributed by atoms with Gasteiger partial charge in [-0.3, -0.25) is 14.9 Å². The van der Waals surface area contributed by atoms with Gasteiger partial charge >= 0.3 is 6.03 Å². The molecule has 1 fully saturated rings. The number of barbiturate groups is 1. The molecule has 0 atom stereocenters. The molecule has 1 N–H and O–H groups in total. The van der Waals surface area contributed by atoms with E-state index in [1.165, 1.54) is 30.3 Å². The fourth-order valence-electron chi connectivity index (χ4n) is 2.55. The van der Waals surface area contributed by atoms with Gasteiger partial charge in [0.2, 0.25) is 0 Å². The Morgan fingerprint density at radius 1 is 1.18 bits per heavy atom. The Kier molecular flexibility index (Phi) is 5.56. The third-order valence-corrected chi connectivity index (χ3v) is 4.11. The topological polar surface area (TPSA) is 75.7 Å². The minimum atomic E-state index is -1.02. The van der Waals surface area contributed by atoms with E-state index in [2.05, 4.69) is 6.58 Å². The number of carbonyl (C=O) groups is 3. The number of hydrogen-bond acceptors (Lipinski definition) is 4. The number of nitrogens with zero attached hydrogens (tertiary/aromatic N) is 1. The molecule has 142 valence electrons. The van der Waals surface area contributed by atoms with E-state index in [1.54, 1.807) is 18.2 Å². The summed E-state index contributed by atoms with van der Waals surface area (Å²) in [6, 6.07) is 8.90. The smallest absolute Gasteiger partial charge is 0.336 e. The average molecular weight is 401 g/mol. The first-order chi connectivity index (χ1) is 13.4. The lowest BCUT2D eigenvalue weighted by Crippen LogP contribution is -2.54. The largest absolute Gasteiger partial charge is 0.488 e. The molecule has 4 amide bonds. The maximum absolute atomic E-state index is 14.1. The van der Waals surface area contributed by atoms with Crippen LogP contribution in [0.1, 0.15) is 5.56 Å². The van der Waals surface area contributed by atoms with E-state index in [-0.39, 0.29) is 22.9 Å². The molecular formula is C20H14ClFN2O4. The molecule has 2 aromatic rings. The lowest BCUT2D eigenvalue weighted by atomic mass is 10.1. The number of ether oxygens (including phenoxy) is 1. The van der Waals surface area contributed by atoms with Crippen molar-refractivity contribution >= 4 is 41.2 Å². The Balaban J connectivity index is 1.96. The lowest BCUT2D eigenvalue weighted by Gasteiger charge is -2.26. The fraction of sp³-hybridized carbons (Fsp3) is 0.0500. The summed E-state index contributed by atoms with van der Waals surface area (Å²) in [7, 11) is 0. The van der Waals surface area contributed by atoms with E-state index in [0.717, 1.165) is 6.07 Å². The number of carbonyl (C=O) groups excluding carboxylic acids is 3. The van der Waals surface area contributed by atoms with Crippen LogP contribution >= 0.6 is 11.6 Å². The van der Waals surface area contributed by atoms with Crippen LogP contribution in [-0.2, 0) is 9.59 Å². The first kappa shape index (κ1) is 19.3. The number of amides is 4. The van der Waals surface area contributed by atoms with Gasteiger partial charge < -0.3 is 4.74 Å². The highest BCUT2D eigenvalue weighted by Gasteiger charge is 2.37. The van der Waals surface area contributed by atoms with Crippen molar-refractivity contribution in [2.45, 2.75) is 0 Å². The van der Waals surface area contributed by atoms with E-state index in [4.69, 9.17) is 16.3 Å². The molecule has 1 aliphatic rings. The van der Waals surface area contributed by atoms with Crippen molar-refractivity contribution in [2.75, 3.05) is 11.5 Å². The predicted molar refractivity (Wildman–Crippen MR) is 103 cm³/mol. The zero-order valence-corrected chi connectivity index (χ0v) is 15.2. The third kappa shape index (κ3) is 3.79. The van der Waals surface area contributed by atoms with Crippen molar-refractivity contribution in [2.24, 2.45) is 0 Å². The summed E-state index contributed by atoms with van der Waals surface area (Å²) < 4.78 is 19.4. The maximum atomic E-state index is 14.1.